The van der Waals surface area contributed by atoms with Gasteiger partial charge in [0.2, 0.25) is 5.88 Å². The van der Waals surface area contributed by atoms with Gasteiger partial charge in [-0.05, 0) is 30.2 Å². The molecule has 2 heterocycles. The van der Waals surface area contributed by atoms with Crippen molar-refractivity contribution in [3.63, 3.8) is 0 Å². The Kier molecular flexibility index (Phi) is 4.55. The van der Waals surface area contributed by atoms with Crippen molar-refractivity contribution in [2.75, 3.05) is 5.75 Å². The van der Waals surface area contributed by atoms with E-state index in [0.717, 1.165) is 21.7 Å². The number of benzene rings is 2. The van der Waals surface area contributed by atoms with Crippen LogP contribution in [0.2, 0.25) is 0 Å². The molecule has 1 aromatic heterocycles. The lowest BCUT2D eigenvalue weighted by Gasteiger charge is -2.09. The number of aromatic hydroxyl groups is 1. The lowest BCUT2D eigenvalue weighted by molar-refractivity contribution is 0.460. The van der Waals surface area contributed by atoms with Gasteiger partial charge in [0.25, 0.3) is 0 Å². The van der Waals surface area contributed by atoms with Crippen LogP contribution in [0.25, 0.3) is 10.9 Å². The third-order valence-electron chi connectivity index (χ3n) is 4.42. The summed E-state index contributed by atoms with van der Waals surface area (Å²) in [7, 11) is 0. The Morgan fingerprint density at radius 3 is 2.77 bits per heavy atom. The number of thioether (sulfide) groups is 1. The molecular formula is C21H20N2O2S. The monoisotopic (exact) mass is 364 g/mol. The zero-order chi connectivity index (χ0) is 18.1. The maximum Gasteiger partial charge on any atom is 0.219 e. The molecule has 0 saturated carbocycles. The summed E-state index contributed by atoms with van der Waals surface area (Å²) in [6.45, 7) is 4.41. The Labute approximate surface area is 156 Å². The van der Waals surface area contributed by atoms with Gasteiger partial charge in [-0.1, -0.05) is 38.1 Å². The Morgan fingerprint density at radius 2 is 1.96 bits per heavy atom. The largest absolute Gasteiger partial charge is 0.506 e. The fourth-order valence-electron chi connectivity index (χ4n) is 2.87. The molecule has 0 unspecified atom stereocenters. The quantitative estimate of drug-likeness (QED) is 0.687. The maximum atomic E-state index is 9.98. The summed E-state index contributed by atoms with van der Waals surface area (Å²) in [6, 6.07) is 17.3. The van der Waals surface area contributed by atoms with Gasteiger partial charge in [0.15, 0.2) is 0 Å². The fraction of sp³-hybridized carbons (Fsp3) is 0.238. The van der Waals surface area contributed by atoms with Crippen LogP contribution in [0.4, 0.5) is 0 Å². The van der Waals surface area contributed by atoms with Crippen LogP contribution in [-0.2, 0) is 0 Å². The normalized spacial score (nSPS) is 16.9. The molecule has 0 saturated heterocycles. The SMILES string of the molecule is CC(C)[C@H]1CSC(c2cccc(Oc3ccc4cccc(O)c4n3)c2)=N1. The molecular weight excluding hydrogens is 344 g/mol. The number of hydrogen-bond acceptors (Lipinski definition) is 5. The first-order valence-corrected chi connectivity index (χ1v) is 9.66. The maximum absolute atomic E-state index is 9.98. The molecule has 1 N–H and O–H groups in total. The van der Waals surface area contributed by atoms with E-state index in [1.165, 1.54) is 0 Å². The van der Waals surface area contributed by atoms with Crippen molar-refractivity contribution in [2.24, 2.45) is 10.9 Å². The molecule has 5 heteroatoms. The zero-order valence-corrected chi connectivity index (χ0v) is 15.5. The van der Waals surface area contributed by atoms with Crippen LogP contribution < -0.4 is 4.74 Å². The van der Waals surface area contributed by atoms with E-state index < -0.39 is 0 Å². The van der Waals surface area contributed by atoms with E-state index in [9.17, 15) is 5.11 Å². The summed E-state index contributed by atoms with van der Waals surface area (Å²) in [5, 5.41) is 11.9. The number of para-hydroxylation sites is 1. The minimum Gasteiger partial charge on any atom is -0.506 e. The van der Waals surface area contributed by atoms with Crippen LogP contribution in [0.5, 0.6) is 17.4 Å². The van der Waals surface area contributed by atoms with Gasteiger partial charge in [-0.2, -0.15) is 0 Å². The molecule has 3 aromatic rings. The van der Waals surface area contributed by atoms with Crippen LogP contribution in [0.1, 0.15) is 19.4 Å². The molecule has 0 amide bonds. The van der Waals surface area contributed by atoms with E-state index in [1.807, 2.05) is 36.4 Å². The van der Waals surface area contributed by atoms with Gasteiger partial charge in [-0.3, -0.25) is 4.99 Å². The molecule has 4 nitrogen and oxygen atoms in total. The van der Waals surface area contributed by atoms with Gasteiger partial charge < -0.3 is 9.84 Å². The predicted molar refractivity (Wildman–Crippen MR) is 108 cm³/mol. The van der Waals surface area contributed by atoms with Crippen LogP contribution in [0.15, 0.2) is 59.6 Å². The van der Waals surface area contributed by atoms with Crippen LogP contribution in [0, 0.1) is 5.92 Å². The Bertz CT molecular complexity index is 985. The van der Waals surface area contributed by atoms with Gasteiger partial charge in [0.05, 0.1) is 11.1 Å². The second-order valence-corrected chi connectivity index (χ2v) is 7.69. The minimum atomic E-state index is 0.151. The van der Waals surface area contributed by atoms with E-state index in [4.69, 9.17) is 9.73 Å². The van der Waals surface area contributed by atoms with Crippen molar-refractivity contribution in [1.29, 1.82) is 0 Å². The summed E-state index contributed by atoms with van der Waals surface area (Å²) in [5.41, 5.74) is 1.61. The molecule has 132 valence electrons. The van der Waals surface area contributed by atoms with Gasteiger partial charge in [-0.15, -0.1) is 11.8 Å². The lowest BCUT2D eigenvalue weighted by atomic mass is 10.1. The number of pyridine rings is 1. The van der Waals surface area contributed by atoms with Crippen LogP contribution >= 0.6 is 11.8 Å². The third kappa shape index (κ3) is 3.40. The molecule has 0 aliphatic carbocycles. The zero-order valence-electron chi connectivity index (χ0n) is 14.7. The minimum absolute atomic E-state index is 0.151. The van der Waals surface area contributed by atoms with E-state index >= 15 is 0 Å². The second-order valence-electron chi connectivity index (χ2n) is 6.68. The summed E-state index contributed by atoms with van der Waals surface area (Å²) >= 11 is 1.80. The van der Waals surface area contributed by atoms with Crippen molar-refractivity contribution in [3.05, 3.63) is 60.2 Å². The number of aliphatic imine (C=N–C) groups is 1. The van der Waals surface area contributed by atoms with E-state index in [0.29, 0.717) is 29.1 Å². The molecule has 0 bridgehead atoms. The topological polar surface area (TPSA) is 54.7 Å². The smallest absolute Gasteiger partial charge is 0.219 e. The van der Waals surface area contributed by atoms with Crippen molar-refractivity contribution in [1.82, 2.24) is 4.98 Å². The predicted octanol–water partition coefficient (Wildman–Crippen LogP) is 5.25. The van der Waals surface area contributed by atoms with E-state index in [-0.39, 0.29) is 5.75 Å². The van der Waals surface area contributed by atoms with E-state index in [2.05, 4.69) is 24.9 Å². The first kappa shape index (κ1) is 16.9. The average molecular weight is 364 g/mol. The highest BCUT2D eigenvalue weighted by Crippen LogP contribution is 2.30. The molecule has 1 atom stereocenters. The van der Waals surface area contributed by atoms with Gasteiger partial charge in [-0.25, -0.2) is 4.98 Å². The molecule has 0 fully saturated rings. The van der Waals surface area contributed by atoms with Crippen LogP contribution in [0.3, 0.4) is 0 Å². The van der Waals surface area contributed by atoms with Gasteiger partial charge in [0.1, 0.15) is 17.0 Å². The van der Waals surface area contributed by atoms with Crippen molar-refractivity contribution >= 4 is 27.7 Å². The van der Waals surface area contributed by atoms with Crippen molar-refractivity contribution < 1.29 is 9.84 Å². The molecule has 2 aromatic carbocycles. The summed E-state index contributed by atoms with van der Waals surface area (Å²) in [5.74, 6) is 2.90. The molecule has 0 spiro atoms. The van der Waals surface area contributed by atoms with Crippen LogP contribution in [-0.4, -0.2) is 26.9 Å². The Balaban J connectivity index is 1.60. The number of nitrogens with zero attached hydrogens (tertiary/aromatic N) is 2. The molecule has 1 aliphatic rings. The Morgan fingerprint density at radius 1 is 1.12 bits per heavy atom. The van der Waals surface area contributed by atoms with Crippen molar-refractivity contribution in [3.8, 4) is 17.4 Å². The molecule has 1 aliphatic heterocycles. The Hall–Kier alpha value is -2.53. The summed E-state index contributed by atoms with van der Waals surface area (Å²) < 4.78 is 5.93. The molecule has 0 radical (unpaired) electrons. The summed E-state index contributed by atoms with van der Waals surface area (Å²) in [6.07, 6.45) is 0. The van der Waals surface area contributed by atoms with Crippen molar-refractivity contribution in [2.45, 2.75) is 19.9 Å². The van der Waals surface area contributed by atoms with Gasteiger partial charge >= 0.3 is 0 Å². The third-order valence-corrected chi connectivity index (χ3v) is 5.54. The first-order chi connectivity index (χ1) is 12.6. The summed E-state index contributed by atoms with van der Waals surface area (Å²) in [4.78, 5) is 9.26. The highest BCUT2D eigenvalue weighted by atomic mass is 32.2. The number of fused-ring (bicyclic) bond motifs is 1. The highest BCUT2D eigenvalue weighted by Gasteiger charge is 2.22. The lowest BCUT2D eigenvalue weighted by Crippen LogP contribution is -2.11. The number of aromatic nitrogens is 1. The highest BCUT2D eigenvalue weighted by molar-refractivity contribution is 8.14. The first-order valence-electron chi connectivity index (χ1n) is 8.68. The fourth-order valence-corrected chi connectivity index (χ4v) is 4.16. The molecule has 4 rings (SSSR count). The average Bonchev–Trinajstić information content (AvgIpc) is 3.13. The number of phenols is 1. The van der Waals surface area contributed by atoms with E-state index in [1.54, 1.807) is 23.9 Å². The number of phenolic OH excluding ortho intramolecular Hbond substituents is 1. The number of hydrogen-bond donors (Lipinski definition) is 1. The second kappa shape index (κ2) is 7.00. The molecule has 26 heavy (non-hydrogen) atoms. The standard InChI is InChI=1S/C21H20N2O2S/c1-13(2)17-12-26-21(22-17)15-6-3-7-16(11-15)25-19-10-9-14-5-4-8-18(24)20(14)23-19/h3-11,13,17,24H,12H2,1-2H3/t17-/m1/s1. The number of ether oxygens (including phenoxy) is 1. The van der Waals surface area contributed by atoms with Gasteiger partial charge in [0, 0.05) is 22.8 Å². The number of rotatable bonds is 4.